The zero-order chi connectivity index (χ0) is 46.5. The molecule has 6 heteroatoms. The summed E-state index contributed by atoms with van der Waals surface area (Å²) in [5.74, 6) is -0.0736. The lowest BCUT2D eigenvalue weighted by Gasteiger charge is -2.22. The normalized spacial score (nSPS) is 12.8. The van der Waals surface area contributed by atoms with Crippen molar-refractivity contribution >= 4 is 11.9 Å². The second-order valence-electron chi connectivity index (χ2n) is 19.7. The van der Waals surface area contributed by atoms with Crippen molar-refractivity contribution in [2.75, 3.05) is 13.2 Å². The van der Waals surface area contributed by atoms with Gasteiger partial charge in [-0.2, -0.15) is 0 Å². The van der Waals surface area contributed by atoms with Crippen molar-refractivity contribution in [2.24, 2.45) is 0 Å². The highest BCUT2D eigenvalue weighted by molar-refractivity contribution is 5.76. The SMILES string of the molecule is CCCCCCCCCCCCCCCCCCC(=O)OCCCCC/C=C\C=C/CCCCCCCCC(=O)NC(CO)C(O)CCCCCCCCCCCCCCCCCC. The van der Waals surface area contributed by atoms with E-state index in [4.69, 9.17) is 4.74 Å². The number of hydrogen-bond donors (Lipinski definition) is 3. The molecule has 2 unspecified atom stereocenters. The number of hydrogen-bond acceptors (Lipinski definition) is 5. The van der Waals surface area contributed by atoms with E-state index in [1.807, 2.05) is 0 Å². The van der Waals surface area contributed by atoms with Crippen molar-refractivity contribution in [1.82, 2.24) is 5.32 Å². The monoisotopic (exact) mass is 902 g/mol. The predicted molar refractivity (Wildman–Crippen MR) is 278 cm³/mol. The van der Waals surface area contributed by atoms with Gasteiger partial charge in [0.05, 0.1) is 25.4 Å². The largest absolute Gasteiger partial charge is 0.466 e. The van der Waals surface area contributed by atoms with Crippen molar-refractivity contribution < 1.29 is 24.5 Å². The highest BCUT2D eigenvalue weighted by Crippen LogP contribution is 2.17. The molecule has 0 aromatic rings. The molecule has 6 nitrogen and oxygen atoms in total. The predicted octanol–water partition coefficient (Wildman–Crippen LogP) is 17.5. The van der Waals surface area contributed by atoms with Crippen molar-refractivity contribution in [1.29, 1.82) is 0 Å². The quantitative estimate of drug-likeness (QED) is 0.0321. The zero-order valence-corrected chi connectivity index (χ0v) is 43.0. The first kappa shape index (κ1) is 62.3. The summed E-state index contributed by atoms with van der Waals surface area (Å²) in [5.41, 5.74) is 0. The molecule has 1 amide bonds. The van der Waals surface area contributed by atoms with Gasteiger partial charge in [-0.3, -0.25) is 9.59 Å². The molecule has 0 aromatic carbocycles. The number of unbranched alkanes of at least 4 members (excludes halogenated alkanes) is 39. The Hall–Kier alpha value is -1.66. The average Bonchev–Trinajstić information content (AvgIpc) is 3.29. The van der Waals surface area contributed by atoms with E-state index in [0.717, 1.165) is 77.0 Å². The van der Waals surface area contributed by atoms with Gasteiger partial charge in [-0.05, 0) is 57.8 Å². The lowest BCUT2D eigenvalue weighted by molar-refractivity contribution is -0.143. The van der Waals surface area contributed by atoms with Crippen molar-refractivity contribution in [3.63, 3.8) is 0 Å². The van der Waals surface area contributed by atoms with Crippen LogP contribution in [-0.2, 0) is 14.3 Å². The molecule has 3 N–H and O–H groups in total. The van der Waals surface area contributed by atoms with E-state index in [0.29, 0.717) is 25.9 Å². The van der Waals surface area contributed by atoms with Crippen LogP contribution in [-0.4, -0.2) is 47.4 Å². The number of allylic oxidation sites excluding steroid dienone is 4. The molecule has 0 spiro atoms. The number of nitrogens with one attached hydrogen (secondary N) is 1. The third-order valence-electron chi connectivity index (χ3n) is 13.3. The molecule has 0 rings (SSSR count). The van der Waals surface area contributed by atoms with Gasteiger partial charge in [0.15, 0.2) is 0 Å². The lowest BCUT2D eigenvalue weighted by Crippen LogP contribution is -2.45. The first-order chi connectivity index (χ1) is 31.5. The summed E-state index contributed by atoms with van der Waals surface area (Å²) in [4.78, 5) is 24.5. The first-order valence-corrected chi connectivity index (χ1v) is 28.6. The van der Waals surface area contributed by atoms with Crippen LogP contribution in [0.2, 0.25) is 0 Å². The number of carbonyl (C=O) groups excluding carboxylic acids is 2. The van der Waals surface area contributed by atoms with Gasteiger partial charge in [0, 0.05) is 12.8 Å². The van der Waals surface area contributed by atoms with Crippen LogP contribution < -0.4 is 5.32 Å². The van der Waals surface area contributed by atoms with Gasteiger partial charge in [-0.25, -0.2) is 0 Å². The van der Waals surface area contributed by atoms with Crippen molar-refractivity contribution in [3.8, 4) is 0 Å². The Labute approximate surface area is 399 Å². The number of aliphatic hydroxyl groups excluding tert-OH is 2. The Morgan fingerprint density at radius 2 is 0.766 bits per heavy atom. The van der Waals surface area contributed by atoms with E-state index in [-0.39, 0.29) is 18.5 Å². The zero-order valence-electron chi connectivity index (χ0n) is 43.0. The van der Waals surface area contributed by atoms with E-state index in [2.05, 4.69) is 43.5 Å². The third kappa shape index (κ3) is 49.8. The Kier molecular flexibility index (Phi) is 52.6. The molecule has 0 aliphatic rings. The first-order valence-electron chi connectivity index (χ1n) is 28.6. The van der Waals surface area contributed by atoms with Gasteiger partial charge in [-0.1, -0.05) is 263 Å². The van der Waals surface area contributed by atoms with Crippen LogP contribution in [0.15, 0.2) is 24.3 Å². The molecular formula is C58H111NO5. The van der Waals surface area contributed by atoms with Gasteiger partial charge in [0.2, 0.25) is 5.91 Å². The maximum absolute atomic E-state index is 12.5. The molecule has 0 aliphatic carbocycles. The number of ether oxygens (including phenoxy) is 1. The maximum Gasteiger partial charge on any atom is 0.305 e. The summed E-state index contributed by atoms with van der Waals surface area (Å²) in [7, 11) is 0. The van der Waals surface area contributed by atoms with Gasteiger partial charge in [-0.15, -0.1) is 0 Å². The molecule has 378 valence electrons. The molecule has 0 saturated carbocycles. The smallest absolute Gasteiger partial charge is 0.305 e. The Bertz CT molecular complexity index is 997. The number of amides is 1. The summed E-state index contributed by atoms with van der Waals surface area (Å²) in [5, 5.41) is 23.3. The molecule has 0 fully saturated rings. The van der Waals surface area contributed by atoms with Crippen LogP contribution in [0.4, 0.5) is 0 Å². The summed E-state index contributed by atoms with van der Waals surface area (Å²) in [6.07, 6.45) is 64.5. The minimum atomic E-state index is -0.678. The van der Waals surface area contributed by atoms with Crippen molar-refractivity contribution in [3.05, 3.63) is 24.3 Å². The molecule has 0 saturated heterocycles. The van der Waals surface area contributed by atoms with Crippen LogP contribution >= 0.6 is 0 Å². The van der Waals surface area contributed by atoms with E-state index in [9.17, 15) is 19.8 Å². The highest BCUT2D eigenvalue weighted by atomic mass is 16.5. The number of esters is 1. The third-order valence-corrected chi connectivity index (χ3v) is 13.3. The molecule has 0 aliphatic heterocycles. The maximum atomic E-state index is 12.5. The average molecular weight is 903 g/mol. The topological polar surface area (TPSA) is 95.9 Å². The molecule has 64 heavy (non-hydrogen) atoms. The number of aliphatic hydroxyl groups is 2. The van der Waals surface area contributed by atoms with Gasteiger partial charge in [0.25, 0.3) is 0 Å². The van der Waals surface area contributed by atoms with Crippen LogP contribution in [0, 0.1) is 0 Å². The van der Waals surface area contributed by atoms with Crippen LogP contribution in [0.1, 0.15) is 309 Å². The minimum absolute atomic E-state index is 0.0179. The fourth-order valence-corrected chi connectivity index (χ4v) is 8.87. The molecule has 0 aromatic heterocycles. The highest BCUT2D eigenvalue weighted by Gasteiger charge is 2.20. The number of carbonyl (C=O) groups is 2. The van der Waals surface area contributed by atoms with Crippen LogP contribution in [0.25, 0.3) is 0 Å². The lowest BCUT2D eigenvalue weighted by atomic mass is 10.0. The fraction of sp³-hybridized carbons (Fsp3) is 0.897. The van der Waals surface area contributed by atoms with E-state index in [1.54, 1.807) is 0 Å². The summed E-state index contributed by atoms with van der Waals surface area (Å²) in [6, 6.07) is -0.557. The molecule has 0 bridgehead atoms. The van der Waals surface area contributed by atoms with Crippen LogP contribution in [0.5, 0.6) is 0 Å². The Morgan fingerprint density at radius 3 is 1.16 bits per heavy atom. The molecule has 0 heterocycles. The molecule has 0 radical (unpaired) electrons. The Balaban J connectivity index is 3.50. The number of rotatable bonds is 53. The van der Waals surface area contributed by atoms with E-state index >= 15 is 0 Å². The van der Waals surface area contributed by atoms with E-state index < -0.39 is 12.1 Å². The van der Waals surface area contributed by atoms with Gasteiger partial charge < -0.3 is 20.3 Å². The second kappa shape index (κ2) is 54.0. The standard InChI is InChI=1S/C58H111NO5/c1-3-5-7-9-11-13-15-17-19-22-26-30-34-38-42-46-50-56(61)55(54-60)59-57(62)51-47-43-39-35-31-27-23-21-25-29-33-37-41-45-49-53-64-58(63)52-48-44-40-36-32-28-24-20-18-16-14-12-10-8-6-4-2/h21,25,29,33,55-56,60-61H,3-20,22-24,26-28,30-32,34-54H2,1-2H3,(H,59,62)/b25-21-,33-29-. The molecular weight excluding hydrogens is 791 g/mol. The Morgan fingerprint density at radius 1 is 0.438 bits per heavy atom. The van der Waals surface area contributed by atoms with Gasteiger partial charge >= 0.3 is 5.97 Å². The minimum Gasteiger partial charge on any atom is -0.466 e. The van der Waals surface area contributed by atoms with Crippen LogP contribution in [0.3, 0.4) is 0 Å². The van der Waals surface area contributed by atoms with E-state index in [1.165, 1.54) is 199 Å². The molecule has 2 atom stereocenters. The summed E-state index contributed by atoms with van der Waals surface area (Å²) >= 11 is 0. The summed E-state index contributed by atoms with van der Waals surface area (Å²) in [6.45, 7) is 4.91. The summed E-state index contributed by atoms with van der Waals surface area (Å²) < 4.78 is 5.46. The van der Waals surface area contributed by atoms with Gasteiger partial charge in [0.1, 0.15) is 0 Å². The second-order valence-corrected chi connectivity index (χ2v) is 19.7. The van der Waals surface area contributed by atoms with Crippen molar-refractivity contribution in [2.45, 2.75) is 321 Å². The fourth-order valence-electron chi connectivity index (χ4n) is 8.87.